The van der Waals surface area contributed by atoms with E-state index in [9.17, 15) is 0 Å². The van der Waals surface area contributed by atoms with Gasteiger partial charge < -0.3 is 5.73 Å². The molecular formula is C12H20N2S. The van der Waals surface area contributed by atoms with Gasteiger partial charge in [0.15, 0.2) is 0 Å². The van der Waals surface area contributed by atoms with Crippen LogP contribution in [0.3, 0.4) is 0 Å². The Morgan fingerprint density at radius 2 is 2.40 bits per heavy atom. The fraction of sp³-hybridized carbons (Fsp3) is 0.667. The van der Waals surface area contributed by atoms with Crippen molar-refractivity contribution in [2.24, 2.45) is 5.73 Å². The summed E-state index contributed by atoms with van der Waals surface area (Å²) in [4.78, 5) is 2.57. The Hall–Kier alpha value is -0.380. The Labute approximate surface area is 96.1 Å². The first-order valence-corrected chi connectivity index (χ1v) is 6.72. The minimum Gasteiger partial charge on any atom is -0.329 e. The zero-order valence-electron chi connectivity index (χ0n) is 9.36. The molecule has 1 aliphatic heterocycles. The Morgan fingerprint density at radius 1 is 1.53 bits per heavy atom. The van der Waals surface area contributed by atoms with Crippen LogP contribution in [0.25, 0.3) is 0 Å². The van der Waals surface area contributed by atoms with Gasteiger partial charge in [-0.2, -0.15) is 11.3 Å². The third-order valence-electron chi connectivity index (χ3n) is 3.41. The number of thiophene rings is 1. The summed E-state index contributed by atoms with van der Waals surface area (Å²) >= 11 is 1.78. The Balaban J connectivity index is 2.03. The van der Waals surface area contributed by atoms with Gasteiger partial charge in [-0.25, -0.2) is 0 Å². The highest BCUT2D eigenvalue weighted by Gasteiger charge is 2.26. The predicted molar refractivity (Wildman–Crippen MR) is 66.0 cm³/mol. The van der Waals surface area contributed by atoms with E-state index in [0.29, 0.717) is 12.1 Å². The van der Waals surface area contributed by atoms with Crippen LogP contribution in [-0.4, -0.2) is 23.5 Å². The normalized spacial score (nSPS) is 28.1. The number of piperidine rings is 1. The van der Waals surface area contributed by atoms with Crippen molar-refractivity contribution in [2.75, 3.05) is 6.54 Å². The Morgan fingerprint density at radius 3 is 3.07 bits per heavy atom. The lowest BCUT2D eigenvalue weighted by Crippen LogP contribution is -2.48. The highest BCUT2D eigenvalue weighted by molar-refractivity contribution is 7.07. The minimum atomic E-state index is 0.591. The van der Waals surface area contributed by atoms with Gasteiger partial charge in [-0.05, 0) is 42.2 Å². The van der Waals surface area contributed by atoms with Crippen molar-refractivity contribution in [3.63, 3.8) is 0 Å². The molecule has 1 aromatic rings. The predicted octanol–water partition coefficient (Wildman–Crippen LogP) is 2.45. The van der Waals surface area contributed by atoms with E-state index in [-0.39, 0.29) is 0 Å². The molecule has 2 rings (SSSR count). The number of likely N-dealkylation sites (tertiary alicyclic amines) is 1. The van der Waals surface area contributed by atoms with Crippen LogP contribution in [0.15, 0.2) is 16.8 Å². The monoisotopic (exact) mass is 224 g/mol. The number of hydrogen-bond acceptors (Lipinski definition) is 3. The molecule has 2 unspecified atom stereocenters. The molecule has 1 aromatic heterocycles. The summed E-state index contributed by atoms with van der Waals surface area (Å²) in [6, 6.07) is 3.50. The second-order valence-electron chi connectivity index (χ2n) is 4.47. The number of nitrogens with zero attached hydrogens (tertiary/aromatic N) is 1. The first-order valence-electron chi connectivity index (χ1n) is 5.78. The van der Waals surface area contributed by atoms with E-state index >= 15 is 0 Å². The van der Waals surface area contributed by atoms with Crippen molar-refractivity contribution in [3.05, 3.63) is 22.4 Å². The van der Waals surface area contributed by atoms with Crippen molar-refractivity contribution in [1.82, 2.24) is 4.90 Å². The van der Waals surface area contributed by atoms with E-state index in [0.717, 1.165) is 13.1 Å². The molecule has 1 saturated heterocycles. The molecule has 84 valence electrons. The highest BCUT2D eigenvalue weighted by Crippen LogP contribution is 2.24. The van der Waals surface area contributed by atoms with Crippen LogP contribution in [0.1, 0.15) is 31.7 Å². The first kappa shape index (κ1) is 11.1. The second kappa shape index (κ2) is 5.10. The lowest BCUT2D eigenvalue weighted by molar-refractivity contribution is 0.0894. The Bertz CT molecular complexity index is 284. The van der Waals surface area contributed by atoms with Crippen LogP contribution in [0, 0.1) is 0 Å². The maximum Gasteiger partial charge on any atom is 0.0248 e. The largest absolute Gasteiger partial charge is 0.329 e. The van der Waals surface area contributed by atoms with Crippen LogP contribution in [0.5, 0.6) is 0 Å². The lowest BCUT2D eigenvalue weighted by atomic mass is 9.96. The summed E-state index contributed by atoms with van der Waals surface area (Å²) < 4.78 is 0. The van der Waals surface area contributed by atoms with Crippen LogP contribution in [-0.2, 0) is 6.54 Å². The maximum absolute atomic E-state index is 5.85. The molecule has 1 fully saturated rings. The van der Waals surface area contributed by atoms with E-state index in [1.807, 2.05) is 0 Å². The maximum atomic E-state index is 5.85. The van der Waals surface area contributed by atoms with E-state index in [2.05, 4.69) is 28.7 Å². The molecule has 0 saturated carbocycles. The minimum absolute atomic E-state index is 0.591. The summed E-state index contributed by atoms with van der Waals surface area (Å²) in [5.74, 6) is 0. The van der Waals surface area contributed by atoms with Crippen molar-refractivity contribution < 1.29 is 0 Å². The molecular weight excluding hydrogens is 204 g/mol. The van der Waals surface area contributed by atoms with Crippen molar-refractivity contribution in [2.45, 2.75) is 44.8 Å². The van der Waals surface area contributed by atoms with Gasteiger partial charge in [0, 0.05) is 25.2 Å². The number of nitrogens with two attached hydrogens (primary N) is 1. The SMILES string of the molecule is CC1CCCC(CN)N1Cc1ccsc1. The summed E-state index contributed by atoms with van der Waals surface area (Å²) in [6.45, 7) is 4.20. The van der Waals surface area contributed by atoms with E-state index < -0.39 is 0 Å². The molecule has 0 aromatic carbocycles. The van der Waals surface area contributed by atoms with Gasteiger partial charge in [0.2, 0.25) is 0 Å². The standard InChI is InChI=1S/C12H20N2S/c1-10-3-2-4-12(7-13)14(10)8-11-5-6-15-9-11/h5-6,9-10,12H,2-4,7-8,13H2,1H3. The van der Waals surface area contributed by atoms with Crippen molar-refractivity contribution in [3.8, 4) is 0 Å². The van der Waals surface area contributed by atoms with Gasteiger partial charge >= 0.3 is 0 Å². The fourth-order valence-corrected chi connectivity index (χ4v) is 3.13. The molecule has 2 atom stereocenters. The van der Waals surface area contributed by atoms with Crippen molar-refractivity contribution in [1.29, 1.82) is 0 Å². The Kier molecular flexibility index (Phi) is 3.78. The zero-order valence-corrected chi connectivity index (χ0v) is 10.2. The van der Waals surface area contributed by atoms with Gasteiger partial charge in [0.25, 0.3) is 0 Å². The summed E-state index contributed by atoms with van der Waals surface area (Å²) in [5, 5.41) is 4.40. The van der Waals surface area contributed by atoms with Crippen LogP contribution in [0.2, 0.25) is 0 Å². The number of rotatable bonds is 3. The average Bonchev–Trinajstić information content (AvgIpc) is 2.74. The van der Waals surface area contributed by atoms with Gasteiger partial charge in [0.05, 0.1) is 0 Å². The molecule has 2 N–H and O–H groups in total. The molecule has 0 spiro atoms. The number of hydrogen-bond donors (Lipinski definition) is 1. The van der Waals surface area contributed by atoms with Gasteiger partial charge in [-0.3, -0.25) is 4.90 Å². The molecule has 2 nitrogen and oxygen atoms in total. The smallest absolute Gasteiger partial charge is 0.0248 e. The zero-order chi connectivity index (χ0) is 10.7. The third-order valence-corrected chi connectivity index (χ3v) is 4.14. The van der Waals surface area contributed by atoms with Crippen LogP contribution >= 0.6 is 11.3 Å². The van der Waals surface area contributed by atoms with Crippen LogP contribution in [0.4, 0.5) is 0 Å². The lowest BCUT2D eigenvalue weighted by Gasteiger charge is -2.40. The van der Waals surface area contributed by atoms with Crippen molar-refractivity contribution >= 4 is 11.3 Å². The highest BCUT2D eigenvalue weighted by atomic mass is 32.1. The topological polar surface area (TPSA) is 29.3 Å². The summed E-state index contributed by atoms with van der Waals surface area (Å²) in [5.41, 5.74) is 7.28. The van der Waals surface area contributed by atoms with E-state index in [1.165, 1.54) is 24.8 Å². The molecule has 2 heterocycles. The van der Waals surface area contributed by atoms with E-state index in [1.54, 1.807) is 11.3 Å². The van der Waals surface area contributed by atoms with Crippen LogP contribution < -0.4 is 5.73 Å². The molecule has 0 amide bonds. The fourth-order valence-electron chi connectivity index (χ4n) is 2.47. The van der Waals surface area contributed by atoms with E-state index in [4.69, 9.17) is 5.73 Å². The average molecular weight is 224 g/mol. The quantitative estimate of drug-likeness (QED) is 0.854. The second-order valence-corrected chi connectivity index (χ2v) is 5.25. The summed E-state index contributed by atoms with van der Waals surface area (Å²) in [7, 11) is 0. The van der Waals surface area contributed by atoms with Gasteiger partial charge in [-0.1, -0.05) is 6.42 Å². The molecule has 0 radical (unpaired) electrons. The first-order chi connectivity index (χ1) is 7.31. The molecule has 0 aliphatic carbocycles. The molecule has 3 heteroatoms. The molecule has 1 aliphatic rings. The van der Waals surface area contributed by atoms with Gasteiger partial charge in [-0.15, -0.1) is 0 Å². The molecule has 15 heavy (non-hydrogen) atoms. The summed E-state index contributed by atoms with van der Waals surface area (Å²) in [6.07, 6.45) is 3.93. The van der Waals surface area contributed by atoms with Gasteiger partial charge in [0.1, 0.15) is 0 Å². The molecule has 0 bridgehead atoms. The third kappa shape index (κ3) is 2.60.